The van der Waals surface area contributed by atoms with Crippen molar-refractivity contribution in [1.29, 1.82) is 0 Å². The van der Waals surface area contributed by atoms with E-state index in [1.807, 2.05) is 18.2 Å². The molecule has 1 unspecified atom stereocenters. The third-order valence-corrected chi connectivity index (χ3v) is 3.19. The van der Waals surface area contributed by atoms with E-state index in [9.17, 15) is 4.79 Å². The number of carbonyl (C=O) groups is 1. The summed E-state index contributed by atoms with van der Waals surface area (Å²) in [6.07, 6.45) is 5.14. The summed E-state index contributed by atoms with van der Waals surface area (Å²) in [5, 5.41) is 8.67. The lowest BCUT2D eigenvalue weighted by Crippen LogP contribution is -2.09. The van der Waals surface area contributed by atoms with Gasteiger partial charge in [-0.2, -0.15) is 0 Å². The Bertz CT molecular complexity index is 338. The van der Waals surface area contributed by atoms with Crippen LogP contribution in [-0.2, 0) is 11.2 Å². The van der Waals surface area contributed by atoms with Gasteiger partial charge in [0.15, 0.2) is 0 Å². The maximum atomic E-state index is 10.5. The smallest absolute Gasteiger partial charge is 0.303 e. The fraction of sp³-hybridized carbons (Fsp3) is 0.533. The summed E-state index contributed by atoms with van der Waals surface area (Å²) >= 11 is 0. The van der Waals surface area contributed by atoms with Crippen molar-refractivity contribution in [2.45, 2.75) is 38.5 Å². The Morgan fingerprint density at radius 3 is 2.44 bits per heavy atom. The third kappa shape index (κ3) is 6.40. The van der Waals surface area contributed by atoms with Crippen molar-refractivity contribution >= 4 is 5.97 Å². The van der Waals surface area contributed by atoms with Crippen LogP contribution in [0, 0.1) is 5.92 Å². The lowest BCUT2D eigenvalue weighted by Gasteiger charge is -2.16. The molecule has 3 nitrogen and oxygen atoms in total. The first kappa shape index (κ1) is 14.7. The van der Waals surface area contributed by atoms with E-state index in [2.05, 4.69) is 12.1 Å². The number of carboxylic acid groups (broad SMARTS) is 1. The Hall–Kier alpha value is -1.35. The Morgan fingerprint density at radius 2 is 1.83 bits per heavy atom. The third-order valence-electron chi connectivity index (χ3n) is 3.19. The highest BCUT2D eigenvalue weighted by Gasteiger charge is 2.10. The molecule has 3 heteroatoms. The van der Waals surface area contributed by atoms with Crippen LogP contribution in [0.4, 0.5) is 0 Å². The fourth-order valence-corrected chi connectivity index (χ4v) is 2.24. The first-order valence-electron chi connectivity index (χ1n) is 6.68. The minimum Gasteiger partial charge on any atom is -0.481 e. The number of hydrogen-bond acceptors (Lipinski definition) is 2. The molecule has 3 N–H and O–H groups in total. The standard InChI is InChI=1S/C15H23NO2/c16-11-5-9-14(8-4-10-15(17)18)12-13-6-2-1-3-7-13/h1-3,6-7,14H,4-5,8-12,16H2,(H,17,18). The molecule has 0 fully saturated rings. The van der Waals surface area contributed by atoms with Gasteiger partial charge >= 0.3 is 5.97 Å². The van der Waals surface area contributed by atoms with Gasteiger partial charge < -0.3 is 10.8 Å². The molecule has 0 heterocycles. The molecule has 0 saturated heterocycles. The zero-order chi connectivity index (χ0) is 13.2. The molecule has 0 saturated carbocycles. The molecular formula is C15H23NO2. The summed E-state index contributed by atoms with van der Waals surface area (Å²) in [6, 6.07) is 10.4. The molecule has 0 aliphatic heterocycles. The Kier molecular flexibility index (Phi) is 7.11. The molecule has 100 valence electrons. The fourth-order valence-electron chi connectivity index (χ4n) is 2.24. The van der Waals surface area contributed by atoms with Gasteiger partial charge in [0.05, 0.1) is 0 Å². The van der Waals surface area contributed by atoms with Gasteiger partial charge in [0.2, 0.25) is 0 Å². The highest BCUT2D eigenvalue weighted by atomic mass is 16.4. The van der Waals surface area contributed by atoms with E-state index in [0.717, 1.165) is 32.1 Å². The van der Waals surface area contributed by atoms with Crippen molar-refractivity contribution in [2.24, 2.45) is 11.7 Å². The molecule has 0 radical (unpaired) electrons. The predicted octanol–water partition coefficient (Wildman–Crippen LogP) is 2.84. The van der Waals surface area contributed by atoms with Gasteiger partial charge in [0, 0.05) is 6.42 Å². The molecule has 0 aliphatic rings. The average Bonchev–Trinajstić information content (AvgIpc) is 2.36. The quantitative estimate of drug-likeness (QED) is 0.707. The summed E-state index contributed by atoms with van der Waals surface area (Å²) in [6.45, 7) is 0.713. The summed E-state index contributed by atoms with van der Waals surface area (Å²) in [7, 11) is 0. The number of nitrogens with two attached hydrogens (primary N) is 1. The second kappa shape index (κ2) is 8.70. The summed E-state index contributed by atoms with van der Waals surface area (Å²) in [5.74, 6) is -0.150. The van der Waals surface area contributed by atoms with Crippen molar-refractivity contribution in [3.8, 4) is 0 Å². The van der Waals surface area contributed by atoms with Gasteiger partial charge in [0.1, 0.15) is 0 Å². The predicted molar refractivity (Wildman–Crippen MR) is 73.4 cm³/mol. The molecule has 0 aliphatic carbocycles. The largest absolute Gasteiger partial charge is 0.481 e. The second-order valence-electron chi connectivity index (χ2n) is 4.77. The lowest BCUT2D eigenvalue weighted by atomic mass is 9.90. The Balaban J connectivity index is 2.42. The van der Waals surface area contributed by atoms with Crippen LogP contribution in [0.5, 0.6) is 0 Å². The van der Waals surface area contributed by atoms with Crippen LogP contribution in [0.3, 0.4) is 0 Å². The molecule has 1 atom stereocenters. The van der Waals surface area contributed by atoms with Gasteiger partial charge in [-0.05, 0) is 50.1 Å². The van der Waals surface area contributed by atoms with E-state index in [4.69, 9.17) is 10.8 Å². The minimum atomic E-state index is -0.702. The lowest BCUT2D eigenvalue weighted by molar-refractivity contribution is -0.137. The van der Waals surface area contributed by atoms with Crippen LogP contribution in [0.15, 0.2) is 30.3 Å². The van der Waals surface area contributed by atoms with Crippen molar-refractivity contribution in [3.05, 3.63) is 35.9 Å². The summed E-state index contributed by atoms with van der Waals surface area (Å²) in [4.78, 5) is 10.5. The maximum Gasteiger partial charge on any atom is 0.303 e. The van der Waals surface area contributed by atoms with E-state index in [-0.39, 0.29) is 6.42 Å². The van der Waals surface area contributed by atoms with Crippen molar-refractivity contribution in [1.82, 2.24) is 0 Å². The van der Waals surface area contributed by atoms with E-state index >= 15 is 0 Å². The van der Waals surface area contributed by atoms with E-state index < -0.39 is 5.97 Å². The van der Waals surface area contributed by atoms with Crippen LogP contribution >= 0.6 is 0 Å². The van der Waals surface area contributed by atoms with E-state index in [1.54, 1.807) is 0 Å². The second-order valence-corrected chi connectivity index (χ2v) is 4.77. The van der Waals surface area contributed by atoms with Crippen LogP contribution in [0.2, 0.25) is 0 Å². The average molecular weight is 249 g/mol. The maximum absolute atomic E-state index is 10.5. The molecule has 18 heavy (non-hydrogen) atoms. The number of carboxylic acids is 1. The summed E-state index contributed by atoms with van der Waals surface area (Å²) in [5.41, 5.74) is 6.88. The SMILES string of the molecule is NCCCC(CCCC(=O)O)Cc1ccccc1. The van der Waals surface area contributed by atoms with Gasteiger partial charge in [-0.25, -0.2) is 0 Å². The molecule has 0 bridgehead atoms. The highest BCUT2D eigenvalue weighted by Crippen LogP contribution is 2.20. The molecule has 0 aromatic heterocycles. The van der Waals surface area contributed by atoms with Crippen LogP contribution in [0.1, 0.15) is 37.7 Å². The highest BCUT2D eigenvalue weighted by molar-refractivity contribution is 5.66. The molecule has 1 aromatic carbocycles. The number of benzene rings is 1. The molecule has 1 rings (SSSR count). The normalized spacial score (nSPS) is 12.3. The number of hydrogen-bond donors (Lipinski definition) is 2. The zero-order valence-electron chi connectivity index (χ0n) is 10.8. The van der Waals surface area contributed by atoms with Crippen molar-refractivity contribution in [2.75, 3.05) is 6.54 Å². The van der Waals surface area contributed by atoms with E-state index in [1.165, 1.54) is 5.56 Å². The van der Waals surface area contributed by atoms with Gasteiger partial charge in [0.25, 0.3) is 0 Å². The van der Waals surface area contributed by atoms with Gasteiger partial charge in [-0.3, -0.25) is 4.79 Å². The molecule has 0 spiro atoms. The monoisotopic (exact) mass is 249 g/mol. The van der Waals surface area contributed by atoms with Crippen LogP contribution < -0.4 is 5.73 Å². The minimum absolute atomic E-state index is 0.272. The number of aliphatic carboxylic acids is 1. The van der Waals surface area contributed by atoms with E-state index in [0.29, 0.717) is 12.5 Å². The van der Waals surface area contributed by atoms with Gasteiger partial charge in [-0.1, -0.05) is 30.3 Å². The van der Waals surface area contributed by atoms with Crippen LogP contribution in [-0.4, -0.2) is 17.6 Å². The number of rotatable bonds is 9. The first-order valence-corrected chi connectivity index (χ1v) is 6.68. The van der Waals surface area contributed by atoms with Gasteiger partial charge in [-0.15, -0.1) is 0 Å². The Morgan fingerprint density at radius 1 is 1.17 bits per heavy atom. The molecule has 0 amide bonds. The first-order chi connectivity index (χ1) is 8.72. The molecule has 1 aromatic rings. The topological polar surface area (TPSA) is 63.3 Å². The summed E-state index contributed by atoms with van der Waals surface area (Å²) < 4.78 is 0. The van der Waals surface area contributed by atoms with Crippen molar-refractivity contribution in [3.63, 3.8) is 0 Å². The zero-order valence-corrected chi connectivity index (χ0v) is 10.8. The van der Waals surface area contributed by atoms with Crippen molar-refractivity contribution < 1.29 is 9.90 Å². The molecular weight excluding hydrogens is 226 g/mol. The Labute approximate surface area is 109 Å². The van der Waals surface area contributed by atoms with Crippen LogP contribution in [0.25, 0.3) is 0 Å².